The summed E-state index contributed by atoms with van der Waals surface area (Å²) in [5.41, 5.74) is 0.979. The molecule has 0 saturated carbocycles. The Morgan fingerprint density at radius 3 is 2.48 bits per heavy atom. The summed E-state index contributed by atoms with van der Waals surface area (Å²) in [5.74, 6) is 1.08. The zero-order chi connectivity index (χ0) is 21.8. The fourth-order valence-corrected chi connectivity index (χ4v) is 3.99. The molecule has 0 spiro atoms. The second kappa shape index (κ2) is 8.57. The first-order valence-electron chi connectivity index (χ1n) is 9.04. The Morgan fingerprint density at radius 1 is 1.13 bits per heavy atom. The van der Waals surface area contributed by atoms with Crippen LogP contribution in [0.4, 0.5) is 11.5 Å². The fourth-order valence-electron chi connectivity index (χ4n) is 2.91. The second-order valence-corrected chi connectivity index (χ2v) is 7.24. The third-order valence-electron chi connectivity index (χ3n) is 4.41. The van der Waals surface area contributed by atoms with Crippen molar-refractivity contribution in [2.24, 2.45) is 5.10 Å². The van der Waals surface area contributed by atoms with Crippen LogP contribution in [0.25, 0.3) is 0 Å². The molecular formula is C22H14N6O2S. The molecule has 0 radical (unpaired) electrons. The van der Waals surface area contributed by atoms with Crippen LogP contribution in [0.3, 0.4) is 0 Å². The molecule has 0 amide bonds. The molecule has 0 atom stereocenters. The zero-order valence-corrected chi connectivity index (χ0v) is 17.1. The van der Waals surface area contributed by atoms with Crippen LogP contribution in [0.5, 0.6) is 5.75 Å². The van der Waals surface area contributed by atoms with E-state index >= 15 is 0 Å². The Morgan fingerprint density at radius 2 is 1.84 bits per heavy atom. The molecule has 9 heteroatoms. The minimum atomic E-state index is -0.397. The van der Waals surface area contributed by atoms with Crippen LogP contribution in [0, 0.1) is 22.7 Å². The standard InChI is InChI=1S/C22H14N6O2S/c1-30-18-9-7-15(8-10-18)13-26-27-14-25-20-19(21(27)29)31-22(16(11-23)12-24)28(20)17-5-3-2-4-6-17/h2-10,13-14H,1H3. The third kappa shape index (κ3) is 3.78. The molecule has 2 aromatic carbocycles. The Hall–Kier alpha value is -4.34. The third-order valence-corrected chi connectivity index (χ3v) is 5.55. The van der Waals surface area contributed by atoms with Crippen LogP contribution in [0.2, 0.25) is 0 Å². The number of aromatic nitrogens is 2. The van der Waals surface area contributed by atoms with Gasteiger partial charge in [-0.1, -0.05) is 30.0 Å². The molecule has 150 valence electrons. The molecule has 0 N–H and O–H groups in total. The van der Waals surface area contributed by atoms with Crippen molar-refractivity contribution in [3.05, 3.63) is 87.4 Å². The van der Waals surface area contributed by atoms with E-state index in [-0.39, 0.29) is 10.5 Å². The van der Waals surface area contributed by atoms with Gasteiger partial charge < -0.3 is 4.74 Å². The molecule has 0 bridgehead atoms. The van der Waals surface area contributed by atoms with Crippen molar-refractivity contribution in [3.8, 4) is 17.9 Å². The molecule has 31 heavy (non-hydrogen) atoms. The molecule has 8 nitrogen and oxygen atoms in total. The summed E-state index contributed by atoms with van der Waals surface area (Å²) in [6, 6.07) is 20.1. The summed E-state index contributed by atoms with van der Waals surface area (Å²) in [6.07, 6.45) is 2.86. The normalized spacial score (nSPS) is 12.4. The summed E-state index contributed by atoms with van der Waals surface area (Å²) in [4.78, 5) is 19.4. The van der Waals surface area contributed by atoms with Crippen molar-refractivity contribution in [1.29, 1.82) is 10.5 Å². The number of allylic oxidation sites excluding steroid dienone is 1. The molecule has 0 aliphatic carbocycles. The predicted octanol–water partition coefficient (Wildman–Crippen LogP) is 3.64. The van der Waals surface area contributed by atoms with Crippen molar-refractivity contribution < 1.29 is 4.74 Å². The maximum absolute atomic E-state index is 13.1. The lowest BCUT2D eigenvalue weighted by molar-refractivity contribution is 0.415. The minimum absolute atomic E-state index is 0.0977. The highest BCUT2D eigenvalue weighted by molar-refractivity contribution is 8.03. The second-order valence-electron chi connectivity index (χ2n) is 6.24. The maximum Gasteiger partial charge on any atom is 0.290 e. The number of fused-ring (bicyclic) bond motifs is 1. The largest absolute Gasteiger partial charge is 0.497 e. The molecule has 2 heterocycles. The highest BCUT2D eigenvalue weighted by atomic mass is 32.2. The summed E-state index contributed by atoms with van der Waals surface area (Å²) in [7, 11) is 1.59. The van der Waals surface area contributed by atoms with E-state index in [1.807, 2.05) is 54.6 Å². The van der Waals surface area contributed by atoms with Crippen LogP contribution in [-0.2, 0) is 0 Å². The molecule has 1 aromatic heterocycles. The van der Waals surface area contributed by atoms with Gasteiger partial charge in [0.05, 0.1) is 13.3 Å². The van der Waals surface area contributed by atoms with Gasteiger partial charge in [-0.25, -0.2) is 4.98 Å². The van der Waals surface area contributed by atoms with Gasteiger partial charge in [0, 0.05) is 5.69 Å². The fraction of sp³-hybridized carbons (Fsp3) is 0.0455. The zero-order valence-electron chi connectivity index (χ0n) is 16.3. The van der Waals surface area contributed by atoms with Crippen molar-refractivity contribution in [1.82, 2.24) is 9.66 Å². The Labute approximate surface area is 181 Å². The van der Waals surface area contributed by atoms with Crippen LogP contribution in [-0.4, -0.2) is 23.0 Å². The van der Waals surface area contributed by atoms with E-state index in [0.29, 0.717) is 16.5 Å². The number of benzene rings is 2. The number of anilines is 2. The quantitative estimate of drug-likeness (QED) is 0.463. The molecule has 4 rings (SSSR count). The van der Waals surface area contributed by atoms with Crippen LogP contribution >= 0.6 is 11.8 Å². The first-order valence-corrected chi connectivity index (χ1v) is 9.85. The molecule has 1 aliphatic rings. The Kier molecular flexibility index (Phi) is 5.52. The number of ether oxygens (including phenoxy) is 1. The number of nitrogens with zero attached hydrogens (tertiary/aromatic N) is 6. The average Bonchev–Trinajstić information content (AvgIpc) is 3.20. The number of hydrogen-bond acceptors (Lipinski definition) is 8. The topological polar surface area (TPSA) is 107 Å². The molecule has 0 unspecified atom stereocenters. The number of para-hydroxylation sites is 1. The lowest BCUT2D eigenvalue weighted by atomic mass is 10.2. The maximum atomic E-state index is 13.1. The van der Waals surface area contributed by atoms with Crippen molar-refractivity contribution >= 4 is 29.5 Å². The SMILES string of the molecule is COc1ccc(C=Nn2cnc3c(c2=O)SC(=C(C#N)C#N)N3c2ccccc2)cc1. The molecule has 3 aromatic rings. The van der Waals surface area contributed by atoms with Crippen molar-refractivity contribution in [2.75, 3.05) is 12.0 Å². The van der Waals surface area contributed by atoms with Gasteiger partial charge in [0.25, 0.3) is 5.56 Å². The van der Waals surface area contributed by atoms with Gasteiger partial charge in [0.15, 0.2) is 11.4 Å². The number of methoxy groups -OCH3 is 1. The number of hydrogen-bond donors (Lipinski definition) is 0. The van der Waals surface area contributed by atoms with Crippen LogP contribution in [0.15, 0.2) is 86.3 Å². The molecule has 0 saturated heterocycles. The van der Waals surface area contributed by atoms with E-state index in [9.17, 15) is 15.3 Å². The van der Waals surface area contributed by atoms with E-state index in [0.717, 1.165) is 27.8 Å². The molecule has 1 aliphatic heterocycles. The van der Waals surface area contributed by atoms with Gasteiger partial charge in [-0.2, -0.15) is 20.3 Å². The van der Waals surface area contributed by atoms with E-state index in [1.54, 1.807) is 24.1 Å². The predicted molar refractivity (Wildman–Crippen MR) is 117 cm³/mol. The monoisotopic (exact) mass is 426 g/mol. The highest BCUT2D eigenvalue weighted by Gasteiger charge is 2.33. The summed E-state index contributed by atoms with van der Waals surface area (Å²) < 4.78 is 6.25. The van der Waals surface area contributed by atoms with Gasteiger partial charge in [-0.3, -0.25) is 9.69 Å². The van der Waals surface area contributed by atoms with Crippen LogP contribution < -0.4 is 15.2 Å². The van der Waals surface area contributed by atoms with Gasteiger partial charge in [0.2, 0.25) is 0 Å². The lowest BCUT2D eigenvalue weighted by Gasteiger charge is -2.19. The van der Waals surface area contributed by atoms with Gasteiger partial charge >= 0.3 is 0 Å². The first-order chi connectivity index (χ1) is 15.2. The minimum Gasteiger partial charge on any atom is -0.497 e. The number of thioether (sulfide) groups is 1. The molecule has 0 fully saturated rings. The van der Waals surface area contributed by atoms with E-state index < -0.39 is 5.56 Å². The Bertz CT molecular complexity index is 1320. The smallest absolute Gasteiger partial charge is 0.290 e. The van der Waals surface area contributed by atoms with Gasteiger partial charge in [-0.15, -0.1) is 0 Å². The summed E-state index contributed by atoms with van der Waals surface area (Å²) in [5, 5.41) is 23.3. The van der Waals surface area contributed by atoms with Crippen molar-refractivity contribution in [2.45, 2.75) is 4.90 Å². The van der Waals surface area contributed by atoms with Crippen LogP contribution in [0.1, 0.15) is 5.56 Å². The van der Waals surface area contributed by atoms with Gasteiger partial charge in [0.1, 0.15) is 34.1 Å². The van der Waals surface area contributed by atoms with Gasteiger partial charge in [-0.05, 0) is 42.0 Å². The van der Waals surface area contributed by atoms with E-state index in [2.05, 4.69) is 10.1 Å². The number of nitriles is 2. The Balaban J connectivity index is 1.77. The van der Waals surface area contributed by atoms with Crippen molar-refractivity contribution in [3.63, 3.8) is 0 Å². The number of rotatable bonds is 4. The summed E-state index contributed by atoms with van der Waals surface area (Å²) in [6.45, 7) is 0. The first kappa shape index (κ1) is 20.0. The van der Waals surface area contributed by atoms with E-state index in [1.165, 1.54) is 12.5 Å². The lowest BCUT2D eigenvalue weighted by Crippen LogP contribution is -2.20. The molecular weight excluding hydrogens is 412 g/mol. The highest BCUT2D eigenvalue weighted by Crippen LogP contribution is 2.47. The average molecular weight is 426 g/mol. The summed E-state index contributed by atoms with van der Waals surface area (Å²) >= 11 is 1.04. The van der Waals surface area contributed by atoms with E-state index in [4.69, 9.17) is 4.74 Å².